The SMILES string of the molecule is c1ccc(-c2ccc(N(c3cccc(-c4ccccc4)c3)c3cccc(-c4cc5ccccc5c5c4c4ccccc4n5-c4ccccc4)c3)cc2)cc1. The maximum absolute atomic E-state index is 2.44. The molecule has 0 radical (unpaired) electrons. The van der Waals surface area contributed by atoms with E-state index in [4.69, 9.17) is 0 Å². The van der Waals surface area contributed by atoms with Crippen LogP contribution in [0.1, 0.15) is 0 Å². The van der Waals surface area contributed by atoms with E-state index < -0.39 is 0 Å². The van der Waals surface area contributed by atoms with Crippen LogP contribution in [0.5, 0.6) is 0 Å². The first kappa shape index (κ1) is 31.6. The van der Waals surface area contributed by atoms with Gasteiger partial charge in [-0.05, 0) is 99.4 Å². The molecule has 0 N–H and O–H groups in total. The van der Waals surface area contributed by atoms with Crippen LogP contribution in [0, 0.1) is 0 Å². The number of aromatic nitrogens is 1. The van der Waals surface area contributed by atoms with Crippen LogP contribution in [-0.4, -0.2) is 4.57 Å². The number of fused-ring (bicyclic) bond motifs is 5. The van der Waals surface area contributed by atoms with E-state index in [-0.39, 0.29) is 0 Å². The molecule has 0 spiro atoms. The van der Waals surface area contributed by atoms with Gasteiger partial charge in [0.15, 0.2) is 0 Å². The monoisotopic (exact) mass is 688 g/mol. The molecule has 0 amide bonds. The number of para-hydroxylation sites is 2. The molecule has 10 rings (SSSR count). The third-order valence-electron chi connectivity index (χ3n) is 10.5. The van der Waals surface area contributed by atoms with E-state index >= 15 is 0 Å². The Hall–Kier alpha value is -7.16. The van der Waals surface area contributed by atoms with Crippen LogP contribution in [0.3, 0.4) is 0 Å². The van der Waals surface area contributed by atoms with Crippen LogP contribution in [-0.2, 0) is 0 Å². The highest BCUT2D eigenvalue weighted by molar-refractivity contribution is 6.24. The molecule has 254 valence electrons. The number of hydrogen-bond donors (Lipinski definition) is 0. The molecule has 0 bridgehead atoms. The quantitative estimate of drug-likeness (QED) is 0.162. The summed E-state index contributed by atoms with van der Waals surface area (Å²) < 4.78 is 2.44. The second-order valence-corrected chi connectivity index (χ2v) is 13.8. The van der Waals surface area contributed by atoms with Gasteiger partial charge in [-0.3, -0.25) is 0 Å². The normalized spacial score (nSPS) is 11.3. The van der Waals surface area contributed by atoms with Gasteiger partial charge < -0.3 is 9.47 Å². The molecule has 2 heteroatoms. The lowest BCUT2D eigenvalue weighted by Crippen LogP contribution is -2.10. The Labute approximate surface area is 315 Å². The van der Waals surface area contributed by atoms with Crippen molar-refractivity contribution in [3.05, 3.63) is 218 Å². The molecule has 2 nitrogen and oxygen atoms in total. The van der Waals surface area contributed by atoms with E-state index in [2.05, 4.69) is 228 Å². The van der Waals surface area contributed by atoms with Gasteiger partial charge in [0.25, 0.3) is 0 Å². The summed E-state index contributed by atoms with van der Waals surface area (Å²) in [6.45, 7) is 0. The Bertz CT molecular complexity index is 2910. The summed E-state index contributed by atoms with van der Waals surface area (Å²) >= 11 is 0. The molecule has 9 aromatic carbocycles. The predicted molar refractivity (Wildman–Crippen MR) is 229 cm³/mol. The summed E-state index contributed by atoms with van der Waals surface area (Å²) in [5, 5.41) is 4.96. The van der Waals surface area contributed by atoms with Crippen molar-refractivity contribution in [2.75, 3.05) is 4.90 Å². The van der Waals surface area contributed by atoms with Gasteiger partial charge in [-0.25, -0.2) is 0 Å². The largest absolute Gasteiger partial charge is 0.310 e. The lowest BCUT2D eigenvalue weighted by atomic mass is 9.94. The molecule has 0 atom stereocenters. The topological polar surface area (TPSA) is 8.17 Å². The summed E-state index contributed by atoms with van der Waals surface area (Å²) in [6, 6.07) is 78.8. The molecule has 0 aliphatic carbocycles. The van der Waals surface area contributed by atoms with E-state index in [9.17, 15) is 0 Å². The van der Waals surface area contributed by atoms with Gasteiger partial charge in [0.1, 0.15) is 0 Å². The summed E-state index contributed by atoms with van der Waals surface area (Å²) in [7, 11) is 0. The second kappa shape index (κ2) is 13.4. The molecule has 0 fully saturated rings. The first-order valence-electron chi connectivity index (χ1n) is 18.5. The standard InChI is InChI=1S/C52H36N2/c1-4-16-37(17-5-1)39-30-32-44(33-31-39)53(45-25-14-21-40(34-45)38-18-6-2-7-19-38)46-26-15-22-41(35-46)49-36-42-20-10-11-27-47(42)52-51(49)48-28-12-13-29-50(48)54(52)43-23-8-3-9-24-43/h1-36H. The van der Waals surface area contributed by atoms with E-state index in [1.54, 1.807) is 0 Å². The average molecular weight is 689 g/mol. The highest BCUT2D eigenvalue weighted by Gasteiger charge is 2.21. The van der Waals surface area contributed by atoms with Gasteiger partial charge in [0, 0.05) is 38.9 Å². The van der Waals surface area contributed by atoms with Gasteiger partial charge >= 0.3 is 0 Å². The molecule has 0 saturated heterocycles. The van der Waals surface area contributed by atoms with Crippen molar-refractivity contribution >= 4 is 49.6 Å². The number of anilines is 3. The molecule has 1 heterocycles. The zero-order valence-corrected chi connectivity index (χ0v) is 29.7. The minimum atomic E-state index is 1.10. The highest BCUT2D eigenvalue weighted by Crippen LogP contribution is 2.45. The minimum Gasteiger partial charge on any atom is -0.310 e. The number of hydrogen-bond acceptors (Lipinski definition) is 1. The van der Waals surface area contributed by atoms with Crippen molar-refractivity contribution in [2.24, 2.45) is 0 Å². The summed E-state index contributed by atoms with van der Waals surface area (Å²) in [4.78, 5) is 2.39. The van der Waals surface area contributed by atoms with Crippen molar-refractivity contribution in [3.8, 4) is 39.1 Å². The van der Waals surface area contributed by atoms with Gasteiger partial charge in [-0.2, -0.15) is 0 Å². The first-order chi connectivity index (χ1) is 26.8. The Morgan fingerprint density at radius 2 is 0.852 bits per heavy atom. The van der Waals surface area contributed by atoms with Gasteiger partial charge in [0.05, 0.1) is 11.0 Å². The molecule has 0 aliphatic heterocycles. The fraction of sp³-hybridized carbons (Fsp3) is 0. The molecular weight excluding hydrogens is 653 g/mol. The van der Waals surface area contributed by atoms with Crippen molar-refractivity contribution in [1.29, 1.82) is 0 Å². The van der Waals surface area contributed by atoms with Crippen LogP contribution in [0.15, 0.2) is 218 Å². The minimum absolute atomic E-state index is 1.10. The summed E-state index contributed by atoms with van der Waals surface area (Å²) in [5.41, 5.74) is 14.0. The molecule has 10 aromatic rings. The Kier molecular flexibility index (Phi) is 7.85. The average Bonchev–Trinajstić information content (AvgIpc) is 3.61. The van der Waals surface area contributed by atoms with Crippen molar-refractivity contribution in [2.45, 2.75) is 0 Å². The van der Waals surface area contributed by atoms with E-state index in [1.165, 1.54) is 66.0 Å². The van der Waals surface area contributed by atoms with Crippen LogP contribution in [0.4, 0.5) is 17.1 Å². The van der Waals surface area contributed by atoms with Crippen LogP contribution < -0.4 is 4.90 Å². The number of rotatable bonds is 7. The molecule has 0 saturated carbocycles. The molecule has 1 aromatic heterocycles. The smallest absolute Gasteiger partial charge is 0.0625 e. The van der Waals surface area contributed by atoms with E-state index in [1.807, 2.05) is 0 Å². The van der Waals surface area contributed by atoms with E-state index in [0.29, 0.717) is 0 Å². The van der Waals surface area contributed by atoms with Crippen LogP contribution >= 0.6 is 0 Å². The van der Waals surface area contributed by atoms with Gasteiger partial charge in [0.2, 0.25) is 0 Å². The summed E-state index contributed by atoms with van der Waals surface area (Å²) in [6.07, 6.45) is 0. The Balaban J connectivity index is 1.20. The van der Waals surface area contributed by atoms with Gasteiger partial charge in [-0.1, -0.05) is 158 Å². The highest BCUT2D eigenvalue weighted by atomic mass is 15.1. The van der Waals surface area contributed by atoms with Crippen molar-refractivity contribution in [3.63, 3.8) is 0 Å². The first-order valence-corrected chi connectivity index (χ1v) is 18.5. The molecule has 0 unspecified atom stereocenters. The maximum Gasteiger partial charge on any atom is 0.0625 e. The Morgan fingerprint density at radius 1 is 0.333 bits per heavy atom. The third kappa shape index (κ3) is 5.53. The number of nitrogens with zero attached hydrogens (tertiary/aromatic N) is 2. The zero-order valence-electron chi connectivity index (χ0n) is 29.7. The Morgan fingerprint density at radius 3 is 1.56 bits per heavy atom. The molecular formula is C52H36N2. The maximum atomic E-state index is 2.44. The van der Waals surface area contributed by atoms with Crippen molar-refractivity contribution < 1.29 is 0 Å². The zero-order chi connectivity index (χ0) is 35.8. The second-order valence-electron chi connectivity index (χ2n) is 13.8. The van der Waals surface area contributed by atoms with E-state index in [0.717, 1.165) is 22.7 Å². The van der Waals surface area contributed by atoms with Crippen LogP contribution in [0.25, 0.3) is 71.6 Å². The van der Waals surface area contributed by atoms with Crippen molar-refractivity contribution in [1.82, 2.24) is 4.57 Å². The fourth-order valence-corrected chi connectivity index (χ4v) is 8.06. The molecule has 54 heavy (non-hydrogen) atoms. The molecule has 0 aliphatic rings. The lowest BCUT2D eigenvalue weighted by Gasteiger charge is -2.27. The summed E-state index contributed by atoms with van der Waals surface area (Å²) in [5.74, 6) is 0. The van der Waals surface area contributed by atoms with Gasteiger partial charge in [-0.15, -0.1) is 0 Å². The lowest BCUT2D eigenvalue weighted by molar-refractivity contribution is 1.19. The fourth-order valence-electron chi connectivity index (χ4n) is 8.06. The van der Waals surface area contributed by atoms with Crippen LogP contribution in [0.2, 0.25) is 0 Å². The third-order valence-corrected chi connectivity index (χ3v) is 10.5. The number of benzene rings is 9. The predicted octanol–water partition coefficient (Wildman–Crippen LogP) is 14.4.